The van der Waals surface area contributed by atoms with Crippen molar-refractivity contribution >= 4 is 58.0 Å². The Morgan fingerprint density at radius 2 is 1.00 bits per heavy atom. The van der Waals surface area contributed by atoms with Crippen molar-refractivity contribution in [3.8, 4) is 33.6 Å². The van der Waals surface area contributed by atoms with Crippen LogP contribution in [-0.2, 0) is 19.1 Å². The summed E-state index contributed by atoms with van der Waals surface area (Å²) in [4.78, 5) is 71.7. The van der Waals surface area contributed by atoms with Gasteiger partial charge in [0.15, 0.2) is 10.3 Å². The summed E-state index contributed by atoms with van der Waals surface area (Å²) in [6.07, 6.45) is 1.68. The van der Waals surface area contributed by atoms with Crippen LogP contribution in [0.25, 0.3) is 44.4 Å². The molecule has 2 aromatic heterocycles. The Kier molecular flexibility index (Phi) is 13.2. The molecule has 2 saturated heterocycles. The maximum Gasteiger partial charge on any atom is 0.407 e. The minimum atomic E-state index is -0.748. The van der Waals surface area contributed by atoms with Crippen LogP contribution >= 0.6 is 23.2 Å². The number of ether oxygens (including phenoxy) is 2. The van der Waals surface area contributed by atoms with Gasteiger partial charge in [-0.15, -0.1) is 0 Å². The molecule has 6 atom stereocenters. The van der Waals surface area contributed by atoms with E-state index in [9.17, 15) is 19.2 Å². The van der Waals surface area contributed by atoms with Crippen molar-refractivity contribution in [1.82, 2.24) is 40.4 Å². The van der Waals surface area contributed by atoms with Gasteiger partial charge in [0.1, 0.15) is 23.7 Å². The summed E-state index contributed by atoms with van der Waals surface area (Å²) in [7, 11) is 2.56. The normalized spacial score (nSPS) is 19.9. The molecule has 0 radical (unpaired) electrons. The van der Waals surface area contributed by atoms with E-state index in [1.54, 1.807) is 9.80 Å². The van der Waals surface area contributed by atoms with E-state index in [4.69, 9.17) is 37.7 Å². The molecule has 4 heterocycles. The van der Waals surface area contributed by atoms with Gasteiger partial charge in [-0.1, -0.05) is 99.4 Å². The van der Waals surface area contributed by atoms with E-state index in [2.05, 4.69) is 55.9 Å². The highest BCUT2D eigenvalue weighted by atomic mass is 35.5. The standard InChI is InChI=1S/C46H54Cl2N8O6/c1-23(2)35(51-45(59)61-7)43(57)55-25(5)9-19-33(55)41-49-37(39(47)53-41)28-13-11-27(12-14-28)29-15-16-31-22-32(18-17-30(31)21-29)38-40(48)54-42(50-38)34-20-10-26(6)56(34)44(58)36(24(3)4)52-46(60)62-8/h11-18,21-26,33-36H,9-10,19-20H2,1-8H3,(H,49,53)(H,50,54)(H,51,59)(H,52,60)/t25-,26-,33-,34-,35-,36-/m0/s1. The second-order valence-electron chi connectivity index (χ2n) is 17.0. The van der Waals surface area contributed by atoms with Gasteiger partial charge in [0.05, 0.1) is 37.7 Å². The van der Waals surface area contributed by atoms with Crippen LogP contribution in [0.5, 0.6) is 0 Å². The van der Waals surface area contributed by atoms with Crippen molar-refractivity contribution in [3.63, 3.8) is 0 Å². The molecule has 0 unspecified atom stereocenters. The minimum Gasteiger partial charge on any atom is -0.453 e. The van der Waals surface area contributed by atoms with Crippen LogP contribution in [0.4, 0.5) is 9.59 Å². The molecule has 2 aliphatic heterocycles. The van der Waals surface area contributed by atoms with E-state index in [0.29, 0.717) is 46.2 Å². The van der Waals surface area contributed by atoms with Gasteiger partial charge in [-0.25, -0.2) is 19.6 Å². The molecule has 7 rings (SSSR count). The number of carbonyl (C=O) groups is 4. The second kappa shape index (κ2) is 18.4. The average molecular weight is 886 g/mol. The number of imidazole rings is 2. The molecule has 3 aromatic carbocycles. The molecule has 16 heteroatoms. The first-order valence-corrected chi connectivity index (χ1v) is 21.8. The van der Waals surface area contributed by atoms with Gasteiger partial charge >= 0.3 is 12.2 Å². The summed E-state index contributed by atoms with van der Waals surface area (Å²) in [6.45, 7) is 11.6. The van der Waals surface area contributed by atoms with Crippen molar-refractivity contribution in [1.29, 1.82) is 0 Å². The molecule has 2 aliphatic rings. The molecular weight excluding hydrogens is 831 g/mol. The molecule has 4 N–H and O–H groups in total. The molecule has 0 saturated carbocycles. The third-order valence-electron chi connectivity index (χ3n) is 12.3. The van der Waals surface area contributed by atoms with Gasteiger partial charge in [0.2, 0.25) is 11.8 Å². The third kappa shape index (κ3) is 8.85. The molecule has 0 aliphatic carbocycles. The van der Waals surface area contributed by atoms with Gasteiger partial charge in [0, 0.05) is 23.2 Å². The van der Waals surface area contributed by atoms with Crippen LogP contribution < -0.4 is 10.6 Å². The molecule has 0 spiro atoms. The largest absolute Gasteiger partial charge is 0.453 e. The number of fused-ring (bicyclic) bond motifs is 1. The lowest BCUT2D eigenvalue weighted by molar-refractivity contribution is -0.138. The minimum absolute atomic E-state index is 0.0528. The number of nitrogens with zero attached hydrogens (tertiary/aromatic N) is 4. The summed E-state index contributed by atoms with van der Waals surface area (Å²) < 4.78 is 9.58. The highest BCUT2D eigenvalue weighted by molar-refractivity contribution is 6.32. The lowest BCUT2D eigenvalue weighted by atomic mass is 9.98. The Morgan fingerprint density at radius 1 is 0.613 bits per heavy atom. The summed E-state index contributed by atoms with van der Waals surface area (Å²) in [5.74, 6) is 0.526. The number of benzene rings is 3. The van der Waals surface area contributed by atoms with E-state index in [-0.39, 0.29) is 47.8 Å². The molecule has 328 valence electrons. The Bertz CT molecular complexity index is 2470. The zero-order valence-electron chi connectivity index (χ0n) is 36.2. The fraction of sp³-hybridized carbons (Fsp3) is 0.435. The number of aromatic amines is 2. The van der Waals surface area contributed by atoms with Gasteiger partial charge in [0.25, 0.3) is 0 Å². The second-order valence-corrected chi connectivity index (χ2v) is 17.7. The van der Waals surface area contributed by atoms with Crippen LogP contribution in [0, 0.1) is 11.8 Å². The maximum absolute atomic E-state index is 13.9. The fourth-order valence-corrected chi connectivity index (χ4v) is 9.31. The maximum atomic E-state index is 13.9. The number of nitrogens with one attached hydrogen (secondary N) is 4. The van der Waals surface area contributed by atoms with Crippen LogP contribution in [0.15, 0.2) is 60.7 Å². The summed E-state index contributed by atoms with van der Waals surface area (Å²) >= 11 is 13.5. The summed E-state index contributed by atoms with van der Waals surface area (Å²) in [5.41, 5.74) is 5.10. The van der Waals surface area contributed by atoms with Gasteiger partial charge in [-0.2, -0.15) is 0 Å². The zero-order valence-corrected chi connectivity index (χ0v) is 37.7. The average Bonchev–Trinajstić information content (AvgIpc) is 4.05. The lowest BCUT2D eigenvalue weighted by Gasteiger charge is -2.32. The fourth-order valence-electron chi connectivity index (χ4n) is 8.81. The lowest BCUT2D eigenvalue weighted by Crippen LogP contribution is -2.52. The molecule has 14 nitrogen and oxygen atoms in total. The Morgan fingerprint density at radius 3 is 1.44 bits per heavy atom. The number of carbonyl (C=O) groups excluding carboxylic acids is 4. The van der Waals surface area contributed by atoms with Crippen molar-refractivity contribution in [2.45, 2.75) is 103 Å². The van der Waals surface area contributed by atoms with Gasteiger partial charge in [-0.05, 0) is 85.4 Å². The van der Waals surface area contributed by atoms with Crippen molar-refractivity contribution in [2.24, 2.45) is 11.8 Å². The first-order valence-electron chi connectivity index (χ1n) is 21.1. The number of alkyl carbamates (subject to hydrolysis) is 2. The number of rotatable bonds is 11. The molecule has 4 amide bonds. The third-order valence-corrected chi connectivity index (χ3v) is 12.8. The van der Waals surface area contributed by atoms with E-state index in [1.165, 1.54) is 14.2 Å². The molecule has 5 aromatic rings. The molecule has 0 bridgehead atoms. The zero-order chi connectivity index (χ0) is 44.6. The first kappa shape index (κ1) is 44.5. The smallest absolute Gasteiger partial charge is 0.407 e. The Labute approximate surface area is 371 Å². The van der Waals surface area contributed by atoms with E-state index in [1.807, 2.05) is 71.9 Å². The van der Waals surface area contributed by atoms with Crippen LogP contribution in [-0.4, -0.2) is 92.1 Å². The summed E-state index contributed by atoms with van der Waals surface area (Å²) in [5, 5.41) is 8.10. The highest BCUT2D eigenvalue weighted by Gasteiger charge is 2.43. The highest BCUT2D eigenvalue weighted by Crippen LogP contribution is 2.41. The van der Waals surface area contributed by atoms with Gasteiger partial charge < -0.3 is 39.9 Å². The SMILES string of the molecule is COC(=O)N[C@H](C(=O)N1[C@@H](C)CC[C@H]1c1nc(Cl)c(-c2ccc(-c3ccc4cc(-c5[nH]c([C@@H]6CC[C@H](C)N6C(=O)[C@@H](NC(=O)OC)C(C)C)nc5Cl)ccc4c3)cc2)[nH]1)C(C)C. The van der Waals surface area contributed by atoms with Crippen molar-refractivity contribution in [2.75, 3.05) is 14.2 Å². The van der Waals surface area contributed by atoms with Crippen LogP contribution in [0.2, 0.25) is 10.3 Å². The Hall–Kier alpha value is -5.60. The van der Waals surface area contributed by atoms with Crippen LogP contribution in [0.1, 0.15) is 91.0 Å². The van der Waals surface area contributed by atoms with E-state index >= 15 is 0 Å². The number of halogens is 2. The predicted molar refractivity (Wildman–Crippen MR) is 239 cm³/mol. The topological polar surface area (TPSA) is 175 Å². The molecule has 62 heavy (non-hydrogen) atoms. The number of hydrogen-bond acceptors (Lipinski definition) is 8. The molecule has 2 fully saturated rings. The van der Waals surface area contributed by atoms with Gasteiger partial charge in [-0.3, -0.25) is 9.59 Å². The number of H-pyrrole nitrogens is 2. The van der Waals surface area contributed by atoms with E-state index < -0.39 is 24.3 Å². The van der Waals surface area contributed by atoms with Crippen LogP contribution in [0.3, 0.4) is 0 Å². The quantitative estimate of drug-likeness (QED) is 0.101. The van der Waals surface area contributed by atoms with Crippen molar-refractivity contribution in [3.05, 3.63) is 82.6 Å². The number of aromatic nitrogens is 4. The first-order chi connectivity index (χ1) is 29.6. The van der Waals surface area contributed by atoms with E-state index in [0.717, 1.165) is 45.9 Å². The number of methoxy groups -OCH3 is 2. The summed E-state index contributed by atoms with van der Waals surface area (Å²) in [6, 6.07) is 18.2. The monoisotopic (exact) mass is 884 g/mol. The van der Waals surface area contributed by atoms with Crippen molar-refractivity contribution < 1.29 is 28.7 Å². The number of hydrogen-bond donors (Lipinski definition) is 4. The number of likely N-dealkylation sites (tertiary alicyclic amines) is 2. The predicted octanol–water partition coefficient (Wildman–Crippen LogP) is 9.46. The number of amides is 4. The Balaban J connectivity index is 1.07. The molecular formula is C46H54Cl2N8O6.